The Morgan fingerprint density at radius 2 is 1.85 bits per heavy atom. The molecule has 5 nitrogen and oxygen atoms in total. The number of carboxylic acids is 1. The molecule has 0 aliphatic rings. The van der Waals surface area contributed by atoms with Crippen LogP contribution >= 0.6 is 0 Å². The molecule has 5 heteroatoms. The summed E-state index contributed by atoms with van der Waals surface area (Å²) in [5.74, 6) is -1.01. The highest BCUT2D eigenvalue weighted by Crippen LogP contribution is 2.12. The summed E-state index contributed by atoms with van der Waals surface area (Å²) in [4.78, 5) is 22.7. The predicted octanol–water partition coefficient (Wildman–Crippen LogP) is 2.36. The van der Waals surface area contributed by atoms with Gasteiger partial charge in [-0.1, -0.05) is 31.5 Å². The molecule has 0 saturated heterocycles. The molecule has 110 valence electrons. The smallest absolute Gasteiger partial charge is 0.326 e. The Labute approximate surface area is 119 Å². The van der Waals surface area contributed by atoms with E-state index in [2.05, 4.69) is 10.6 Å². The van der Waals surface area contributed by atoms with Gasteiger partial charge in [-0.15, -0.1) is 0 Å². The zero-order valence-electron chi connectivity index (χ0n) is 12.2. The number of benzene rings is 1. The van der Waals surface area contributed by atoms with Crippen LogP contribution in [0, 0.1) is 13.8 Å². The third-order valence-electron chi connectivity index (χ3n) is 3.25. The van der Waals surface area contributed by atoms with Crippen LogP contribution < -0.4 is 10.6 Å². The van der Waals surface area contributed by atoms with Crippen LogP contribution in [0.25, 0.3) is 0 Å². The number of hydrogen-bond donors (Lipinski definition) is 3. The Bertz CT molecular complexity index is 466. The molecule has 0 spiro atoms. The fourth-order valence-corrected chi connectivity index (χ4v) is 2.05. The van der Waals surface area contributed by atoms with Gasteiger partial charge in [0.2, 0.25) is 0 Å². The number of amides is 2. The minimum absolute atomic E-state index is 0.392. The maximum absolute atomic E-state index is 11.7. The van der Waals surface area contributed by atoms with Crippen molar-refractivity contribution in [3.8, 4) is 0 Å². The standard InChI is InChI=1S/C15H22N2O3/c1-4-6-13(14(18)19)17-15(20)16-9-12-10(2)7-5-8-11(12)3/h5,7-8,13H,4,6,9H2,1-3H3,(H,18,19)(H2,16,17,20). The van der Waals surface area contributed by atoms with Crippen molar-refractivity contribution < 1.29 is 14.7 Å². The first-order valence-corrected chi connectivity index (χ1v) is 6.78. The third-order valence-corrected chi connectivity index (χ3v) is 3.25. The maximum Gasteiger partial charge on any atom is 0.326 e. The van der Waals surface area contributed by atoms with Crippen molar-refractivity contribution in [2.45, 2.75) is 46.2 Å². The lowest BCUT2D eigenvalue weighted by Crippen LogP contribution is -2.45. The number of urea groups is 1. The van der Waals surface area contributed by atoms with Crippen molar-refractivity contribution in [2.75, 3.05) is 0 Å². The number of carboxylic acid groups (broad SMARTS) is 1. The molecule has 0 fully saturated rings. The van der Waals surface area contributed by atoms with Crippen LogP contribution in [-0.2, 0) is 11.3 Å². The highest BCUT2D eigenvalue weighted by Gasteiger charge is 2.18. The van der Waals surface area contributed by atoms with Crippen LogP contribution in [-0.4, -0.2) is 23.1 Å². The molecule has 1 unspecified atom stereocenters. The second-order valence-electron chi connectivity index (χ2n) is 4.88. The van der Waals surface area contributed by atoms with E-state index in [4.69, 9.17) is 5.11 Å². The summed E-state index contributed by atoms with van der Waals surface area (Å²) in [7, 11) is 0. The van der Waals surface area contributed by atoms with Crippen LogP contribution in [0.5, 0.6) is 0 Å². The molecule has 0 aliphatic heterocycles. The quantitative estimate of drug-likeness (QED) is 0.747. The molecule has 2 amide bonds. The number of rotatable bonds is 6. The number of hydrogen-bond acceptors (Lipinski definition) is 2. The van der Waals surface area contributed by atoms with Crippen LogP contribution in [0.15, 0.2) is 18.2 Å². The van der Waals surface area contributed by atoms with Gasteiger partial charge in [0, 0.05) is 6.54 Å². The minimum Gasteiger partial charge on any atom is -0.480 e. The third kappa shape index (κ3) is 4.57. The van der Waals surface area contributed by atoms with Crippen molar-refractivity contribution >= 4 is 12.0 Å². The summed E-state index contributed by atoms with van der Waals surface area (Å²) in [6, 6.07) is 4.65. The first kappa shape index (κ1) is 16.0. The van der Waals surface area contributed by atoms with E-state index >= 15 is 0 Å². The van der Waals surface area contributed by atoms with Crippen LogP contribution in [0.3, 0.4) is 0 Å². The van der Waals surface area contributed by atoms with Gasteiger partial charge < -0.3 is 15.7 Å². The molecular weight excluding hydrogens is 256 g/mol. The molecule has 0 bridgehead atoms. The largest absolute Gasteiger partial charge is 0.480 e. The lowest BCUT2D eigenvalue weighted by molar-refractivity contribution is -0.139. The van der Waals surface area contributed by atoms with E-state index in [0.717, 1.165) is 16.7 Å². The van der Waals surface area contributed by atoms with Gasteiger partial charge in [-0.05, 0) is 37.0 Å². The van der Waals surface area contributed by atoms with E-state index < -0.39 is 18.0 Å². The summed E-state index contributed by atoms with van der Waals surface area (Å²) in [6.07, 6.45) is 1.13. The first-order chi connectivity index (χ1) is 9.45. The lowest BCUT2D eigenvalue weighted by Gasteiger charge is -2.15. The predicted molar refractivity (Wildman–Crippen MR) is 77.6 cm³/mol. The van der Waals surface area contributed by atoms with Gasteiger partial charge in [0.1, 0.15) is 6.04 Å². The van der Waals surface area contributed by atoms with Gasteiger partial charge in [0.05, 0.1) is 0 Å². The van der Waals surface area contributed by atoms with Crippen LogP contribution in [0.1, 0.15) is 36.5 Å². The van der Waals surface area contributed by atoms with Crippen LogP contribution in [0.2, 0.25) is 0 Å². The van der Waals surface area contributed by atoms with E-state index in [1.807, 2.05) is 39.0 Å². The Morgan fingerprint density at radius 1 is 1.25 bits per heavy atom. The van der Waals surface area contributed by atoms with E-state index in [9.17, 15) is 9.59 Å². The summed E-state index contributed by atoms with van der Waals surface area (Å²) in [5.41, 5.74) is 3.27. The summed E-state index contributed by atoms with van der Waals surface area (Å²) >= 11 is 0. The number of carbonyl (C=O) groups is 2. The average molecular weight is 278 g/mol. The molecular formula is C15H22N2O3. The molecule has 1 rings (SSSR count). The molecule has 0 aliphatic carbocycles. The second kappa shape index (κ2) is 7.53. The fourth-order valence-electron chi connectivity index (χ4n) is 2.05. The number of aryl methyl sites for hydroxylation is 2. The molecule has 1 atom stereocenters. The molecule has 1 aromatic carbocycles. The molecule has 20 heavy (non-hydrogen) atoms. The second-order valence-corrected chi connectivity index (χ2v) is 4.88. The maximum atomic E-state index is 11.7. The van der Waals surface area contributed by atoms with E-state index in [1.54, 1.807) is 0 Å². The van der Waals surface area contributed by atoms with Crippen molar-refractivity contribution in [2.24, 2.45) is 0 Å². The number of carbonyl (C=O) groups excluding carboxylic acids is 1. The zero-order chi connectivity index (χ0) is 15.1. The van der Waals surface area contributed by atoms with Gasteiger partial charge in [0.25, 0.3) is 0 Å². The molecule has 3 N–H and O–H groups in total. The fraction of sp³-hybridized carbons (Fsp3) is 0.467. The monoisotopic (exact) mass is 278 g/mol. The van der Waals surface area contributed by atoms with E-state index in [1.165, 1.54) is 0 Å². The average Bonchev–Trinajstić information content (AvgIpc) is 2.37. The number of aliphatic carboxylic acids is 1. The highest BCUT2D eigenvalue weighted by atomic mass is 16.4. The van der Waals surface area contributed by atoms with Crippen molar-refractivity contribution in [1.29, 1.82) is 0 Å². The zero-order valence-corrected chi connectivity index (χ0v) is 12.2. The van der Waals surface area contributed by atoms with Crippen LogP contribution in [0.4, 0.5) is 4.79 Å². The lowest BCUT2D eigenvalue weighted by atomic mass is 10.0. The Morgan fingerprint density at radius 3 is 2.35 bits per heavy atom. The van der Waals surface area contributed by atoms with Gasteiger partial charge in [0.15, 0.2) is 0 Å². The molecule has 1 aromatic rings. The summed E-state index contributed by atoms with van der Waals surface area (Å²) < 4.78 is 0. The molecule has 0 radical (unpaired) electrons. The number of nitrogens with one attached hydrogen (secondary N) is 2. The van der Waals surface area contributed by atoms with Gasteiger partial charge in [-0.25, -0.2) is 9.59 Å². The highest BCUT2D eigenvalue weighted by molar-refractivity contribution is 5.82. The summed E-state index contributed by atoms with van der Waals surface area (Å²) in [6.45, 7) is 6.24. The molecule has 0 heterocycles. The summed E-state index contributed by atoms with van der Waals surface area (Å²) in [5, 5.41) is 14.2. The minimum atomic E-state index is -1.01. The molecule has 0 saturated carbocycles. The van der Waals surface area contributed by atoms with E-state index in [-0.39, 0.29) is 0 Å². The van der Waals surface area contributed by atoms with Gasteiger partial charge in [-0.3, -0.25) is 0 Å². The van der Waals surface area contributed by atoms with Gasteiger partial charge >= 0.3 is 12.0 Å². The van der Waals surface area contributed by atoms with Crippen molar-refractivity contribution in [3.05, 3.63) is 34.9 Å². The Balaban J connectivity index is 2.57. The molecule has 0 aromatic heterocycles. The van der Waals surface area contributed by atoms with Gasteiger partial charge in [-0.2, -0.15) is 0 Å². The Hall–Kier alpha value is -2.04. The first-order valence-electron chi connectivity index (χ1n) is 6.78. The Kier molecular flexibility index (Phi) is 6.03. The van der Waals surface area contributed by atoms with E-state index in [0.29, 0.717) is 19.4 Å². The normalized spacial score (nSPS) is 11.8. The topological polar surface area (TPSA) is 78.4 Å². The van der Waals surface area contributed by atoms with Crippen molar-refractivity contribution in [1.82, 2.24) is 10.6 Å². The SMILES string of the molecule is CCCC(NC(=O)NCc1c(C)cccc1C)C(=O)O. The van der Waals surface area contributed by atoms with Crippen molar-refractivity contribution in [3.63, 3.8) is 0 Å².